The second-order valence-corrected chi connectivity index (χ2v) is 19.9. The van der Waals surface area contributed by atoms with Crippen molar-refractivity contribution < 1.29 is 40.9 Å². The van der Waals surface area contributed by atoms with Crippen LogP contribution in [0.1, 0.15) is 99.6 Å². The molecule has 3 heterocycles. The minimum atomic E-state index is -2.32. The van der Waals surface area contributed by atoms with E-state index in [2.05, 4.69) is 32.9 Å². The number of aryl methyl sites for hydroxylation is 1. The summed E-state index contributed by atoms with van der Waals surface area (Å²) in [5.74, 6) is 1.35. The van der Waals surface area contributed by atoms with Gasteiger partial charge in [0, 0.05) is 76.6 Å². The van der Waals surface area contributed by atoms with Crippen molar-refractivity contribution in [3.05, 3.63) is 199 Å². The minimum Gasteiger partial charge on any atom is -0.509 e. The van der Waals surface area contributed by atoms with Gasteiger partial charge in [0.2, 0.25) is 0 Å². The molecule has 0 unspecified atom stereocenters. The van der Waals surface area contributed by atoms with Gasteiger partial charge in [-0.3, -0.25) is 0 Å². The Kier molecular flexibility index (Phi) is 8.79. The van der Waals surface area contributed by atoms with Crippen LogP contribution in [0.3, 0.4) is 0 Å². The minimum absolute atomic E-state index is 0. The molecule has 0 spiro atoms. The molecule has 2 aromatic heterocycles. The molecule has 9 aromatic rings. The first-order chi connectivity index (χ1) is 36.1. The standard InChI is InChI=1S/C61H57N4O.Pt/c1-40-26-29-53-52(32-40)51-28-27-48(38-56(51)65(53)57-36-43(30-31-62-57)59(2,3)4)66-47-21-16-20-46(37-47)63-39-64(55-25-15-14-24-54(55)63)58-49(41-18-12-11-13-19-41)22-17-23-50(58)42-33-44(60(5,6)7)35-45(34-42)61(8,9)10;/h11-36,39H,1-10H3;/q-3;/i1D3,11D,12D,13D,18D,19D,33D,34D,35D;. The van der Waals surface area contributed by atoms with Crippen LogP contribution >= 0.6 is 0 Å². The van der Waals surface area contributed by atoms with Gasteiger partial charge in [-0.25, -0.2) is 4.98 Å². The number of hydrogen-bond acceptors (Lipinski definition) is 4. The van der Waals surface area contributed by atoms with Crippen LogP contribution in [0.25, 0.3) is 49.9 Å². The summed E-state index contributed by atoms with van der Waals surface area (Å²) >= 11 is 0. The Hall–Kier alpha value is -6.42. The molecule has 0 amide bonds. The van der Waals surface area contributed by atoms with Crippen LogP contribution in [-0.2, 0) is 37.3 Å². The molecule has 0 N–H and O–H groups in total. The third-order valence-electron chi connectivity index (χ3n) is 11.9. The Morgan fingerprint density at radius 2 is 1.27 bits per heavy atom. The molecule has 10 rings (SSSR count). The van der Waals surface area contributed by atoms with Crippen molar-refractivity contribution in [2.24, 2.45) is 0 Å². The third-order valence-corrected chi connectivity index (χ3v) is 11.9. The Morgan fingerprint density at radius 1 is 0.612 bits per heavy atom. The number of anilines is 4. The van der Waals surface area contributed by atoms with Gasteiger partial charge in [0.15, 0.2) is 0 Å². The average molecular weight is 1070 g/mol. The van der Waals surface area contributed by atoms with Gasteiger partial charge in [0.25, 0.3) is 0 Å². The van der Waals surface area contributed by atoms with E-state index in [1.165, 1.54) is 0 Å². The van der Waals surface area contributed by atoms with Gasteiger partial charge >= 0.3 is 0 Å². The van der Waals surface area contributed by atoms with E-state index >= 15 is 0 Å². The fourth-order valence-corrected chi connectivity index (χ4v) is 8.41. The summed E-state index contributed by atoms with van der Waals surface area (Å²) in [6.45, 7) is 17.6. The van der Waals surface area contributed by atoms with E-state index in [4.69, 9.17) is 17.9 Å². The quantitative estimate of drug-likeness (QED) is 0.149. The molecule has 5 nitrogen and oxygen atoms in total. The van der Waals surface area contributed by atoms with Crippen molar-refractivity contribution in [1.29, 1.82) is 0 Å². The van der Waals surface area contributed by atoms with Crippen molar-refractivity contribution in [3.63, 3.8) is 0 Å². The van der Waals surface area contributed by atoms with Crippen molar-refractivity contribution >= 4 is 44.6 Å². The number of benzene rings is 7. The molecule has 6 heteroatoms. The van der Waals surface area contributed by atoms with E-state index in [-0.39, 0.29) is 66.9 Å². The van der Waals surface area contributed by atoms with Gasteiger partial charge in [-0.15, -0.1) is 48.1 Å². The molecular weight excluding hydrogens is 1000 g/mol. The zero-order chi connectivity index (χ0) is 55.6. The second kappa shape index (κ2) is 17.3. The summed E-state index contributed by atoms with van der Waals surface area (Å²) in [4.78, 5) is 8.56. The van der Waals surface area contributed by atoms with Crippen molar-refractivity contribution in [2.45, 2.75) is 85.4 Å². The average Bonchev–Trinajstić information content (AvgIpc) is 3.94. The first kappa shape index (κ1) is 34.0. The summed E-state index contributed by atoms with van der Waals surface area (Å²) in [6.07, 6.45) is 1.77. The topological polar surface area (TPSA) is 33.5 Å². The maximum atomic E-state index is 9.89. The smallest absolute Gasteiger partial charge is 0.135 e. The van der Waals surface area contributed by atoms with Gasteiger partial charge in [-0.05, 0) is 86.6 Å². The van der Waals surface area contributed by atoms with Crippen LogP contribution < -0.4 is 14.5 Å². The van der Waals surface area contributed by atoms with E-state index in [0.717, 1.165) is 21.9 Å². The fraction of sp³-hybridized carbons (Fsp3) is 0.213. The third kappa shape index (κ3) is 8.71. The van der Waals surface area contributed by atoms with Crippen molar-refractivity contribution in [1.82, 2.24) is 9.55 Å². The van der Waals surface area contributed by atoms with Crippen LogP contribution in [0.15, 0.2) is 158 Å². The second-order valence-electron chi connectivity index (χ2n) is 19.9. The molecule has 1 aliphatic rings. The van der Waals surface area contributed by atoms with Crippen LogP contribution in [0, 0.1) is 25.7 Å². The van der Waals surface area contributed by atoms with Crippen LogP contribution in [0.2, 0.25) is 0 Å². The molecule has 67 heavy (non-hydrogen) atoms. The molecule has 0 saturated heterocycles. The van der Waals surface area contributed by atoms with Gasteiger partial charge in [-0.1, -0.05) is 164 Å². The number of pyridine rings is 1. The van der Waals surface area contributed by atoms with Gasteiger partial charge < -0.3 is 19.1 Å². The molecule has 7 aromatic carbocycles. The number of nitrogens with zero attached hydrogens (tertiary/aromatic N) is 4. The van der Waals surface area contributed by atoms with Gasteiger partial charge in [0.05, 0.1) is 11.0 Å². The number of hydrogen-bond donors (Lipinski definition) is 0. The van der Waals surface area contributed by atoms with Gasteiger partial charge in [-0.2, -0.15) is 12.1 Å². The monoisotopic (exact) mass is 1070 g/mol. The van der Waals surface area contributed by atoms with Crippen molar-refractivity contribution in [3.8, 4) is 39.6 Å². The molecular formula is C61H57N4OPt-3. The predicted octanol–water partition coefficient (Wildman–Crippen LogP) is 16.5. The molecule has 1 aliphatic heterocycles. The van der Waals surface area contributed by atoms with Crippen LogP contribution in [0.5, 0.6) is 11.5 Å². The molecule has 0 fully saturated rings. The predicted molar refractivity (Wildman–Crippen MR) is 276 cm³/mol. The molecule has 0 radical (unpaired) electrons. The molecule has 0 saturated carbocycles. The maximum Gasteiger partial charge on any atom is 0.135 e. The number of aromatic nitrogens is 2. The number of para-hydroxylation sites is 3. The van der Waals surface area contributed by atoms with E-state index in [0.29, 0.717) is 62.3 Å². The van der Waals surface area contributed by atoms with Gasteiger partial charge in [0.1, 0.15) is 5.82 Å². The maximum absolute atomic E-state index is 9.89. The fourth-order valence-electron chi connectivity index (χ4n) is 8.41. The molecule has 0 atom stereocenters. The number of ether oxygens (including phenoxy) is 1. The SMILES string of the molecule is [2H]c1c([2H])c([2H])c(-c2cccc(-c3c([2H])c(C(C)(C)C)c([2H])c(C(C)(C)C)c3[2H])c2N2[CH-]N(c3[c-]c(Oc4[c-]c5c(cc4)c4cc(C([2H])([2H])[2H])ccc4n5-c4cc(C(C)(C)C)ccn4)ccc3)c3ccccc32)c([2H])c1[2H].[Pt]. The van der Waals surface area contributed by atoms with E-state index < -0.39 is 47.9 Å². The largest absolute Gasteiger partial charge is 0.509 e. The number of rotatable bonds is 7. The first-order valence-electron chi connectivity index (χ1n) is 27.6. The summed E-state index contributed by atoms with van der Waals surface area (Å²) in [5, 5.41) is 1.49. The first-order valence-corrected chi connectivity index (χ1v) is 22.1. The molecule has 0 aliphatic carbocycles. The summed E-state index contributed by atoms with van der Waals surface area (Å²) in [5.41, 5.74) is 5.17. The molecule has 0 bridgehead atoms. The zero-order valence-corrected chi connectivity index (χ0v) is 41.3. The van der Waals surface area contributed by atoms with E-state index in [9.17, 15) is 6.85 Å². The normalized spacial score (nSPS) is 15.5. The van der Waals surface area contributed by atoms with E-state index in [1.807, 2.05) is 123 Å². The summed E-state index contributed by atoms with van der Waals surface area (Å²) < 4.78 is 107. The van der Waals surface area contributed by atoms with Crippen LogP contribution in [-0.4, -0.2) is 9.55 Å². The number of fused-ring (bicyclic) bond motifs is 4. The Bertz CT molecular complexity index is 3820. The summed E-state index contributed by atoms with van der Waals surface area (Å²) in [6, 6.07) is 35.8. The molecule has 340 valence electrons. The Labute approximate surface area is 426 Å². The Morgan fingerprint density at radius 3 is 1.96 bits per heavy atom. The summed E-state index contributed by atoms with van der Waals surface area (Å²) in [7, 11) is 0. The zero-order valence-electron chi connectivity index (χ0n) is 50.0. The van der Waals surface area contributed by atoms with E-state index in [1.54, 1.807) is 48.7 Å². The van der Waals surface area contributed by atoms with Crippen molar-refractivity contribution in [2.75, 3.05) is 9.80 Å². The Balaban J connectivity index is 0.00000740. The van der Waals surface area contributed by atoms with Crippen LogP contribution in [0.4, 0.5) is 22.7 Å².